The Bertz CT molecular complexity index is 532. The lowest BCUT2D eigenvalue weighted by molar-refractivity contribution is -0.138. The van der Waals surface area contributed by atoms with E-state index in [-0.39, 0.29) is 0 Å². The number of benzene rings is 1. The number of H-pyrrole nitrogens is 1. The van der Waals surface area contributed by atoms with Crippen LogP contribution < -0.4 is 5.73 Å². The standard InChI is InChI=1S/C12H14N2O2.C2H6/c1-7-2-3-9-8(5-10(13)12(15)16)6-14-11(9)4-7;1-2/h2-4,6,10,14H,5,13H2,1H3,(H,15,16);1-2H3. The Morgan fingerprint density at radius 3 is 2.72 bits per heavy atom. The molecule has 0 fully saturated rings. The van der Waals surface area contributed by atoms with Crippen molar-refractivity contribution in [1.29, 1.82) is 0 Å². The van der Waals surface area contributed by atoms with Crippen LogP contribution in [0.5, 0.6) is 0 Å². The summed E-state index contributed by atoms with van der Waals surface area (Å²) in [5.41, 5.74) is 8.65. The van der Waals surface area contributed by atoms with Crippen molar-refractivity contribution in [2.75, 3.05) is 0 Å². The van der Waals surface area contributed by atoms with Crippen LogP contribution in [-0.4, -0.2) is 22.1 Å². The predicted octanol–water partition coefficient (Wildman–Crippen LogP) is 2.46. The van der Waals surface area contributed by atoms with Crippen molar-refractivity contribution < 1.29 is 9.90 Å². The van der Waals surface area contributed by atoms with E-state index in [1.165, 1.54) is 5.56 Å². The van der Waals surface area contributed by atoms with E-state index in [9.17, 15) is 4.79 Å². The maximum Gasteiger partial charge on any atom is 0.320 e. The average molecular weight is 248 g/mol. The van der Waals surface area contributed by atoms with Gasteiger partial charge in [-0.15, -0.1) is 0 Å². The molecule has 1 atom stereocenters. The molecule has 1 unspecified atom stereocenters. The van der Waals surface area contributed by atoms with Gasteiger partial charge in [-0.05, 0) is 24.1 Å². The molecule has 98 valence electrons. The van der Waals surface area contributed by atoms with Crippen molar-refractivity contribution in [2.24, 2.45) is 5.73 Å². The van der Waals surface area contributed by atoms with Gasteiger partial charge in [-0.2, -0.15) is 0 Å². The van der Waals surface area contributed by atoms with Gasteiger partial charge in [0.2, 0.25) is 0 Å². The van der Waals surface area contributed by atoms with Crippen molar-refractivity contribution in [3.8, 4) is 0 Å². The van der Waals surface area contributed by atoms with Gasteiger partial charge in [0, 0.05) is 23.5 Å². The Morgan fingerprint density at radius 2 is 2.11 bits per heavy atom. The maximum atomic E-state index is 10.7. The fraction of sp³-hybridized carbons (Fsp3) is 0.357. The quantitative estimate of drug-likeness (QED) is 0.780. The van der Waals surface area contributed by atoms with E-state index >= 15 is 0 Å². The van der Waals surface area contributed by atoms with E-state index in [0.29, 0.717) is 6.42 Å². The van der Waals surface area contributed by atoms with Gasteiger partial charge >= 0.3 is 5.97 Å². The van der Waals surface area contributed by atoms with Gasteiger partial charge in [-0.25, -0.2) is 0 Å². The summed E-state index contributed by atoms with van der Waals surface area (Å²) >= 11 is 0. The topological polar surface area (TPSA) is 79.1 Å². The molecule has 0 amide bonds. The molecule has 0 aliphatic rings. The molecular weight excluding hydrogens is 228 g/mol. The summed E-state index contributed by atoms with van der Waals surface area (Å²) < 4.78 is 0. The number of nitrogens with two attached hydrogens (primary N) is 1. The molecule has 0 radical (unpaired) electrons. The summed E-state index contributed by atoms with van der Waals surface area (Å²) in [6.45, 7) is 6.02. The van der Waals surface area contributed by atoms with Crippen molar-refractivity contribution in [2.45, 2.75) is 33.2 Å². The minimum absolute atomic E-state index is 0.346. The van der Waals surface area contributed by atoms with Crippen molar-refractivity contribution in [3.63, 3.8) is 0 Å². The van der Waals surface area contributed by atoms with E-state index in [0.717, 1.165) is 16.5 Å². The van der Waals surface area contributed by atoms with Gasteiger partial charge in [-0.1, -0.05) is 26.0 Å². The molecule has 4 heteroatoms. The van der Waals surface area contributed by atoms with Gasteiger partial charge in [0.05, 0.1) is 0 Å². The largest absolute Gasteiger partial charge is 0.480 e. The van der Waals surface area contributed by atoms with E-state index < -0.39 is 12.0 Å². The number of carbonyl (C=O) groups is 1. The number of carboxylic acids is 1. The first-order valence-corrected chi connectivity index (χ1v) is 6.13. The highest BCUT2D eigenvalue weighted by atomic mass is 16.4. The van der Waals surface area contributed by atoms with Gasteiger partial charge in [0.25, 0.3) is 0 Å². The minimum atomic E-state index is -0.971. The van der Waals surface area contributed by atoms with Crippen molar-refractivity contribution in [3.05, 3.63) is 35.5 Å². The molecule has 0 aliphatic carbocycles. The molecule has 2 aromatic rings. The van der Waals surface area contributed by atoms with Crippen LogP contribution in [0.4, 0.5) is 0 Å². The first-order chi connectivity index (χ1) is 8.58. The third-order valence-corrected chi connectivity index (χ3v) is 2.68. The lowest BCUT2D eigenvalue weighted by Crippen LogP contribution is -2.32. The average Bonchev–Trinajstić information content (AvgIpc) is 2.74. The van der Waals surface area contributed by atoms with Crippen LogP contribution in [0.25, 0.3) is 10.9 Å². The zero-order chi connectivity index (χ0) is 13.7. The molecule has 0 saturated heterocycles. The summed E-state index contributed by atoms with van der Waals surface area (Å²) in [6.07, 6.45) is 2.17. The zero-order valence-corrected chi connectivity index (χ0v) is 11.0. The van der Waals surface area contributed by atoms with Crippen molar-refractivity contribution >= 4 is 16.9 Å². The zero-order valence-electron chi connectivity index (χ0n) is 11.0. The number of aromatic amines is 1. The number of fused-ring (bicyclic) bond motifs is 1. The van der Waals surface area contributed by atoms with E-state index in [4.69, 9.17) is 10.8 Å². The number of aromatic nitrogens is 1. The molecule has 1 heterocycles. The fourth-order valence-electron chi connectivity index (χ4n) is 1.79. The lowest BCUT2D eigenvalue weighted by atomic mass is 10.0. The highest BCUT2D eigenvalue weighted by molar-refractivity contribution is 5.84. The molecule has 2 rings (SSSR count). The number of carboxylic acid groups (broad SMARTS) is 1. The second kappa shape index (κ2) is 6.21. The molecule has 1 aromatic heterocycles. The molecule has 4 nitrogen and oxygen atoms in total. The first-order valence-electron chi connectivity index (χ1n) is 6.13. The Hall–Kier alpha value is -1.81. The fourth-order valence-corrected chi connectivity index (χ4v) is 1.79. The SMILES string of the molecule is CC.Cc1ccc2c(CC(N)C(=O)O)c[nH]c2c1. The van der Waals surface area contributed by atoms with Crippen LogP contribution in [0.1, 0.15) is 25.0 Å². The molecule has 0 spiro atoms. The first kappa shape index (κ1) is 14.3. The van der Waals surface area contributed by atoms with Crippen LogP contribution in [-0.2, 0) is 11.2 Å². The monoisotopic (exact) mass is 248 g/mol. The Balaban J connectivity index is 0.000000771. The van der Waals surface area contributed by atoms with Gasteiger partial charge in [0.1, 0.15) is 6.04 Å². The molecular formula is C14H20N2O2. The third-order valence-electron chi connectivity index (χ3n) is 2.68. The Labute approximate surface area is 107 Å². The third kappa shape index (κ3) is 3.11. The smallest absolute Gasteiger partial charge is 0.320 e. The Morgan fingerprint density at radius 1 is 1.44 bits per heavy atom. The molecule has 0 aliphatic heterocycles. The van der Waals surface area contributed by atoms with E-state index in [1.54, 1.807) is 0 Å². The van der Waals surface area contributed by atoms with Crippen LogP contribution >= 0.6 is 0 Å². The van der Waals surface area contributed by atoms with E-state index in [1.807, 2.05) is 45.2 Å². The van der Waals surface area contributed by atoms with Crippen LogP contribution in [0.3, 0.4) is 0 Å². The summed E-state index contributed by atoms with van der Waals surface area (Å²) in [4.78, 5) is 13.8. The van der Waals surface area contributed by atoms with Gasteiger partial charge in [-0.3, -0.25) is 4.79 Å². The summed E-state index contributed by atoms with van der Waals surface area (Å²) in [6, 6.07) is 5.18. The molecule has 0 saturated carbocycles. The lowest BCUT2D eigenvalue weighted by Gasteiger charge is -2.04. The molecule has 4 N–H and O–H groups in total. The molecule has 1 aromatic carbocycles. The van der Waals surface area contributed by atoms with Crippen molar-refractivity contribution in [1.82, 2.24) is 4.98 Å². The Kier molecular flexibility index (Phi) is 4.92. The number of aliphatic carboxylic acids is 1. The number of aryl methyl sites for hydroxylation is 1. The second-order valence-electron chi connectivity index (χ2n) is 4.01. The van der Waals surface area contributed by atoms with E-state index in [2.05, 4.69) is 4.98 Å². The molecule has 18 heavy (non-hydrogen) atoms. The van der Waals surface area contributed by atoms with Crippen LogP contribution in [0, 0.1) is 6.92 Å². The minimum Gasteiger partial charge on any atom is -0.480 e. The number of hydrogen-bond acceptors (Lipinski definition) is 2. The predicted molar refractivity (Wildman–Crippen MR) is 73.7 cm³/mol. The molecule has 0 bridgehead atoms. The summed E-state index contributed by atoms with van der Waals surface area (Å²) in [5, 5.41) is 9.81. The summed E-state index contributed by atoms with van der Waals surface area (Å²) in [7, 11) is 0. The highest BCUT2D eigenvalue weighted by Gasteiger charge is 2.14. The normalized spacial score (nSPS) is 11.8. The number of rotatable bonds is 3. The summed E-state index contributed by atoms with van der Waals surface area (Å²) in [5.74, 6) is -0.971. The van der Waals surface area contributed by atoms with Crippen LogP contribution in [0.15, 0.2) is 24.4 Å². The second-order valence-corrected chi connectivity index (χ2v) is 4.01. The number of hydrogen-bond donors (Lipinski definition) is 3. The maximum absolute atomic E-state index is 10.7. The van der Waals surface area contributed by atoms with Crippen LogP contribution in [0.2, 0.25) is 0 Å². The number of nitrogens with one attached hydrogen (secondary N) is 1. The van der Waals surface area contributed by atoms with Gasteiger partial charge < -0.3 is 15.8 Å². The highest BCUT2D eigenvalue weighted by Crippen LogP contribution is 2.20. The van der Waals surface area contributed by atoms with Gasteiger partial charge in [0.15, 0.2) is 0 Å².